The van der Waals surface area contributed by atoms with Gasteiger partial charge in [-0.2, -0.15) is 5.10 Å². The van der Waals surface area contributed by atoms with Crippen LogP contribution in [-0.2, 0) is 0 Å². The Bertz CT molecular complexity index is 929. The van der Waals surface area contributed by atoms with E-state index in [1.54, 1.807) is 16.9 Å². The van der Waals surface area contributed by atoms with E-state index in [9.17, 15) is 4.79 Å². The van der Waals surface area contributed by atoms with Crippen LogP contribution in [0.4, 0.5) is 0 Å². The first kappa shape index (κ1) is 15.8. The van der Waals surface area contributed by atoms with Gasteiger partial charge in [0.05, 0.1) is 17.5 Å². The summed E-state index contributed by atoms with van der Waals surface area (Å²) in [5, 5.41) is 4.21. The van der Waals surface area contributed by atoms with E-state index in [4.69, 9.17) is 0 Å². The summed E-state index contributed by atoms with van der Waals surface area (Å²) in [7, 11) is 0. The summed E-state index contributed by atoms with van der Waals surface area (Å²) in [6.07, 6.45) is 4.46. The van der Waals surface area contributed by atoms with Crippen molar-refractivity contribution in [3.05, 3.63) is 65.6 Å². The van der Waals surface area contributed by atoms with Gasteiger partial charge in [-0.1, -0.05) is 30.3 Å². The molecule has 5 heteroatoms. The van der Waals surface area contributed by atoms with Crippen LogP contribution in [0.25, 0.3) is 5.65 Å². The van der Waals surface area contributed by atoms with Gasteiger partial charge in [-0.25, -0.2) is 9.50 Å². The van der Waals surface area contributed by atoms with Crippen LogP contribution in [0.5, 0.6) is 0 Å². The van der Waals surface area contributed by atoms with Crippen LogP contribution in [0.1, 0.15) is 47.8 Å². The molecule has 1 fully saturated rings. The Hall–Kier alpha value is -2.69. The van der Waals surface area contributed by atoms with E-state index in [1.807, 2.05) is 24.0 Å². The lowest BCUT2D eigenvalue weighted by Crippen LogP contribution is -2.45. The fourth-order valence-electron chi connectivity index (χ4n) is 4.01. The molecule has 3 aromatic rings. The highest BCUT2D eigenvalue weighted by atomic mass is 16.2. The molecule has 5 nitrogen and oxygen atoms in total. The molecule has 0 radical (unpaired) electrons. The van der Waals surface area contributed by atoms with Crippen molar-refractivity contribution in [2.75, 3.05) is 6.54 Å². The first-order valence-electron chi connectivity index (χ1n) is 8.66. The molecule has 0 aliphatic carbocycles. The second-order valence-corrected chi connectivity index (χ2v) is 7.24. The Morgan fingerprint density at radius 1 is 1.20 bits per heavy atom. The van der Waals surface area contributed by atoms with Gasteiger partial charge in [-0.3, -0.25) is 4.79 Å². The molecule has 1 atom stereocenters. The van der Waals surface area contributed by atoms with Gasteiger partial charge < -0.3 is 4.90 Å². The molecule has 1 saturated heterocycles. The van der Waals surface area contributed by atoms with Gasteiger partial charge in [0.1, 0.15) is 0 Å². The number of rotatable bonds is 2. The minimum atomic E-state index is -0.246. The fraction of sp³-hybridized carbons (Fsp3) is 0.350. The minimum Gasteiger partial charge on any atom is -0.333 e. The van der Waals surface area contributed by atoms with Crippen molar-refractivity contribution in [1.29, 1.82) is 0 Å². The molecule has 3 heterocycles. The van der Waals surface area contributed by atoms with Crippen LogP contribution in [0, 0.1) is 6.92 Å². The molecule has 0 saturated carbocycles. The topological polar surface area (TPSA) is 50.5 Å². The number of likely N-dealkylation sites (tertiary alicyclic amines) is 1. The molecule has 1 aromatic carbocycles. The zero-order chi connectivity index (χ0) is 17.6. The second kappa shape index (κ2) is 5.69. The summed E-state index contributed by atoms with van der Waals surface area (Å²) < 4.78 is 1.66. The molecule has 25 heavy (non-hydrogen) atoms. The van der Waals surface area contributed by atoms with Crippen LogP contribution >= 0.6 is 0 Å². The number of aromatic nitrogens is 3. The Morgan fingerprint density at radius 3 is 2.72 bits per heavy atom. The van der Waals surface area contributed by atoms with E-state index in [-0.39, 0.29) is 11.4 Å². The SMILES string of the molecule is Cc1nc2ccnn2cc1C(=O)N1CCC(c2ccccc2)C1(C)C. The lowest BCUT2D eigenvalue weighted by Gasteiger charge is -2.36. The quantitative estimate of drug-likeness (QED) is 0.721. The lowest BCUT2D eigenvalue weighted by molar-refractivity contribution is 0.0633. The monoisotopic (exact) mass is 334 g/mol. The third-order valence-corrected chi connectivity index (χ3v) is 5.44. The van der Waals surface area contributed by atoms with Crippen molar-refractivity contribution >= 4 is 11.6 Å². The number of fused-ring (bicyclic) bond motifs is 1. The van der Waals surface area contributed by atoms with E-state index < -0.39 is 0 Å². The van der Waals surface area contributed by atoms with Crippen LogP contribution in [0.3, 0.4) is 0 Å². The first-order valence-corrected chi connectivity index (χ1v) is 8.66. The van der Waals surface area contributed by atoms with Gasteiger partial charge >= 0.3 is 0 Å². The van der Waals surface area contributed by atoms with Gasteiger partial charge in [0.2, 0.25) is 0 Å². The van der Waals surface area contributed by atoms with Crippen molar-refractivity contribution in [2.24, 2.45) is 0 Å². The number of hydrogen-bond donors (Lipinski definition) is 0. The Kier molecular flexibility index (Phi) is 3.60. The lowest BCUT2D eigenvalue weighted by atomic mass is 9.82. The molecule has 1 amide bonds. The standard InChI is InChI=1S/C20H22N4O/c1-14-16(13-24-18(22-14)9-11-21-24)19(25)23-12-10-17(20(23,2)3)15-7-5-4-6-8-15/h4-9,11,13,17H,10,12H2,1-3H3. The number of hydrogen-bond acceptors (Lipinski definition) is 3. The summed E-state index contributed by atoms with van der Waals surface area (Å²) in [6, 6.07) is 12.3. The fourth-order valence-corrected chi connectivity index (χ4v) is 4.01. The number of carbonyl (C=O) groups excluding carboxylic acids is 1. The average molecular weight is 334 g/mol. The van der Waals surface area contributed by atoms with Crippen molar-refractivity contribution < 1.29 is 4.79 Å². The Morgan fingerprint density at radius 2 is 1.96 bits per heavy atom. The van der Waals surface area contributed by atoms with Crippen LogP contribution in [0.15, 0.2) is 48.8 Å². The summed E-state index contributed by atoms with van der Waals surface area (Å²) >= 11 is 0. The molecule has 1 aliphatic heterocycles. The molecule has 0 spiro atoms. The maximum atomic E-state index is 13.3. The Balaban J connectivity index is 1.69. The molecule has 1 aliphatic rings. The normalized spacial score (nSPS) is 19.5. The number of benzene rings is 1. The minimum absolute atomic E-state index is 0.0332. The predicted octanol–water partition coefficient (Wildman–Crippen LogP) is 3.45. The van der Waals surface area contributed by atoms with E-state index in [1.165, 1.54) is 5.56 Å². The van der Waals surface area contributed by atoms with Gasteiger partial charge in [0.25, 0.3) is 5.91 Å². The van der Waals surface area contributed by atoms with Crippen molar-refractivity contribution in [3.63, 3.8) is 0 Å². The highest BCUT2D eigenvalue weighted by molar-refractivity contribution is 5.96. The van der Waals surface area contributed by atoms with E-state index >= 15 is 0 Å². The molecular formula is C20H22N4O. The van der Waals surface area contributed by atoms with E-state index in [0.29, 0.717) is 11.5 Å². The van der Waals surface area contributed by atoms with Crippen LogP contribution in [0.2, 0.25) is 0 Å². The molecule has 128 valence electrons. The number of nitrogens with zero attached hydrogens (tertiary/aromatic N) is 4. The highest BCUT2D eigenvalue weighted by Crippen LogP contribution is 2.42. The largest absolute Gasteiger partial charge is 0.333 e. The van der Waals surface area contributed by atoms with Gasteiger partial charge in [0.15, 0.2) is 5.65 Å². The van der Waals surface area contributed by atoms with Crippen molar-refractivity contribution in [2.45, 2.75) is 38.6 Å². The van der Waals surface area contributed by atoms with Gasteiger partial charge in [0, 0.05) is 30.3 Å². The smallest absolute Gasteiger partial charge is 0.257 e. The highest BCUT2D eigenvalue weighted by Gasteiger charge is 2.44. The Labute approximate surface area is 147 Å². The predicted molar refractivity (Wildman–Crippen MR) is 96.6 cm³/mol. The van der Waals surface area contributed by atoms with Gasteiger partial charge in [-0.05, 0) is 32.8 Å². The summed E-state index contributed by atoms with van der Waals surface area (Å²) in [4.78, 5) is 19.8. The molecule has 0 N–H and O–H groups in total. The summed E-state index contributed by atoms with van der Waals surface area (Å²) in [5.74, 6) is 0.366. The van der Waals surface area contributed by atoms with Crippen molar-refractivity contribution in [1.82, 2.24) is 19.5 Å². The van der Waals surface area contributed by atoms with Crippen LogP contribution in [-0.4, -0.2) is 37.5 Å². The van der Waals surface area contributed by atoms with Gasteiger partial charge in [-0.15, -0.1) is 0 Å². The molecular weight excluding hydrogens is 312 g/mol. The average Bonchev–Trinajstić information content (AvgIpc) is 3.17. The maximum absolute atomic E-state index is 13.3. The number of carbonyl (C=O) groups is 1. The van der Waals surface area contributed by atoms with E-state index in [2.05, 4.69) is 48.2 Å². The summed E-state index contributed by atoms with van der Waals surface area (Å²) in [6.45, 7) is 6.95. The van der Waals surface area contributed by atoms with E-state index in [0.717, 1.165) is 24.3 Å². The summed E-state index contributed by atoms with van der Waals surface area (Å²) in [5.41, 5.74) is 3.18. The number of aryl methyl sites for hydroxylation is 1. The molecule has 2 aromatic heterocycles. The first-order chi connectivity index (χ1) is 12.0. The van der Waals surface area contributed by atoms with Crippen LogP contribution < -0.4 is 0 Å². The number of amides is 1. The third kappa shape index (κ3) is 2.51. The zero-order valence-electron chi connectivity index (χ0n) is 14.8. The molecule has 4 rings (SSSR count). The molecule has 0 bridgehead atoms. The third-order valence-electron chi connectivity index (χ3n) is 5.44. The maximum Gasteiger partial charge on any atom is 0.257 e. The molecule has 1 unspecified atom stereocenters. The zero-order valence-corrected chi connectivity index (χ0v) is 14.8. The van der Waals surface area contributed by atoms with Crippen molar-refractivity contribution in [3.8, 4) is 0 Å². The second-order valence-electron chi connectivity index (χ2n) is 7.24.